The molecule has 3 N–H and O–H groups in total. The number of nitrogens with one attached hydrogen (secondary N) is 1. The Morgan fingerprint density at radius 2 is 2.00 bits per heavy atom. The van der Waals surface area contributed by atoms with Crippen molar-refractivity contribution in [3.8, 4) is 0 Å². The van der Waals surface area contributed by atoms with Crippen molar-refractivity contribution in [1.29, 1.82) is 0 Å². The first-order valence-electron chi connectivity index (χ1n) is 6.66. The zero-order chi connectivity index (χ0) is 12.9. The van der Waals surface area contributed by atoms with Gasteiger partial charge in [-0.2, -0.15) is 11.8 Å². The van der Waals surface area contributed by atoms with E-state index < -0.39 is 0 Å². The molecule has 0 fully saturated rings. The summed E-state index contributed by atoms with van der Waals surface area (Å²) in [4.78, 5) is 11.4. The fourth-order valence-corrected chi connectivity index (χ4v) is 2.03. The highest BCUT2D eigenvalue weighted by Gasteiger charge is 2.04. The average Bonchev–Trinajstić information content (AvgIpc) is 2.34. The van der Waals surface area contributed by atoms with Crippen molar-refractivity contribution in [2.24, 2.45) is 11.7 Å². The summed E-state index contributed by atoms with van der Waals surface area (Å²) in [6.07, 6.45) is 8.56. The lowest BCUT2D eigenvalue weighted by Crippen LogP contribution is -2.25. The SMILES string of the molecule is CSCCCCCCNC(=O)CCC(C)CN. The molecule has 1 unspecified atom stereocenters. The van der Waals surface area contributed by atoms with E-state index in [1.807, 2.05) is 11.8 Å². The Morgan fingerprint density at radius 3 is 2.65 bits per heavy atom. The maximum atomic E-state index is 11.4. The van der Waals surface area contributed by atoms with Crippen molar-refractivity contribution in [1.82, 2.24) is 5.32 Å². The van der Waals surface area contributed by atoms with Crippen LogP contribution in [0.4, 0.5) is 0 Å². The molecule has 17 heavy (non-hydrogen) atoms. The normalized spacial score (nSPS) is 12.4. The van der Waals surface area contributed by atoms with Crippen LogP contribution in [0.25, 0.3) is 0 Å². The Balaban J connectivity index is 3.22. The van der Waals surface area contributed by atoms with Crippen molar-refractivity contribution in [2.45, 2.75) is 45.4 Å². The van der Waals surface area contributed by atoms with E-state index in [-0.39, 0.29) is 5.91 Å². The van der Waals surface area contributed by atoms with Crippen molar-refractivity contribution in [3.63, 3.8) is 0 Å². The quantitative estimate of drug-likeness (QED) is 0.561. The topological polar surface area (TPSA) is 55.1 Å². The zero-order valence-corrected chi connectivity index (χ0v) is 12.2. The minimum atomic E-state index is 0.175. The highest BCUT2D eigenvalue weighted by molar-refractivity contribution is 7.98. The Morgan fingerprint density at radius 1 is 1.29 bits per heavy atom. The summed E-state index contributed by atoms with van der Waals surface area (Å²) in [6.45, 7) is 3.58. The Labute approximate surface area is 110 Å². The number of nitrogens with two attached hydrogens (primary N) is 1. The van der Waals surface area contributed by atoms with E-state index in [9.17, 15) is 4.79 Å². The van der Waals surface area contributed by atoms with E-state index in [2.05, 4.69) is 18.5 Å². The van der Waals surface area contributed by atoms with Crippen LogP contribution in [0.2, 0.25) is 0 Å². The van der Waals surface area contributed by atoms with Crippen LogP contribution in [0.1, 0.15) is 45.4 Å². The third-order valence-corrected chi connectivity index (χ3v) is 3.56. The predicted octanol–water partition coefficient (Wildman–Crippen LogP) is 2.40. The van der Waals surface area contributed by atoms with Gasteiger partial charge in [0.1, 0.15) is 0 Å². The molecule has 102 valence electrons. The summed E-state index contributed by atoms with van der Waals surface area (Å²) in [5.41, 5.74) is 5.50. The number of hydrogen-bond donors (Lipinski definition) is 2. The molecule has 0 aromatic heterocycles. The van der Waals surface area contributed by atoms with E-state index in [0.717, 1.165) is 19.4 Å². The van der Waals surface area contributed by atoms with Crippen molar-refractivity contribution >= 4 is 17.7 Å². The molecular formula is C13H28N2OS. The lowest BCUT2D eigenvalue weighted by molar-refractivity contribution is -0.121. The van der Waals surface area contributed by atoms with E-state index in [0.29, 0.717) is 18.9 Å². The second kappa shape index (κ2) is 12.2. The molecule has 4 heteroatoms. The summed E-state index contributed by atoms with van der Waals surface area (Å²) in [6, 6.07) is 0. The minimum Gasteiger partial charge on any atom is -0.356 e. The summed E-state index contributed by atoms with van der Waals surface area (Å²) < 4.78 is 0. The van der Waals surface area contributed by atoms with E-state index in [1.54, 1.807) is 0 Å². The third kappa shape index (κ3) is 12.0. The standard InChI is InChI=1S/C13H28N2OS/c1-12(11-14)7-8-13(16)15-9-5-3-4-6-10-17-2/h12H,3-11,14H2,1-2H3,(H,15,16). The fourth-order valence-electron chi connectivity index (χ4n) is 1.54. The van der Waals surface area contributed by atoms with Gasteiger partial charge in [-0.1, -0.05) is 19.8 Å². The van der Waals surface area contributed by atoms with Gasteiger partial charge in [-0.3, -0.25) is 4.79 Å². The molecule has 0 aliphatic carbocycles. The summed E-state index contributed by atoms with van der Waals surface area (Å²) in [7, 11) is 0. The molecule has 0 aliphatic rings. The number of rotatable bonds is 11. The van der Waals surface area contributed by atoms with Crippen LogP contribution in [0.3, 0.4) is 0 Å². The van der Waals surface area contributed by atoms with Crippen LogP contribution in [-0.2, 0) is 4.79 Å². The van der Waals surface area contributed by atoms with E-state index in [1.165, 1.54) is 25.0 Å². The fraction of sp³-hybridized carbons (Fsp3) is 0.923. The molecule has 1 amide bonds. The molecule has 0 spiro atoms. The molecule has 0 bridgehead atoms. The molecule has 0 saturated heterocycles. The maximum Gasteiger partial charge on any atom is 0.220 e. The molecule has 0 rings (SSSR count). The Bertz CT molecular complexity index is 188. The highest BCUT2D eigenvalue weighted by Crippen LogP contribution is 2.05. The molecular weight excluding hydrogens is 232 g/mol. The lowest BCUT2D eigenvalue weighted by atomic mass is 10.1. The molecule has 0 aromatic rings. The van der Waals surface area contributed by atoms with Crippen LogP contribution in [-0.4, -0.2) is 31.0 Å². The Kier molecular flexibility index (Phi) is 12.1. The van der Waals surface area contributed by atoms with Gasteiger partial charge in [0, 0.05) is 13.0 Å². The molecule has 3 nitrogen and oxygen atoms in total. The summed E-state index contributed by atoms with van der Waals surface area (Å²) >= 11 is 1.90. The number of amides is 1. The predicted molar refractivity (Wildman–Crippen MR) is 77.3 cm³/mol. The molecule has 0 heterocycles. The lowest BCUT2D eigenvalue weighted by Gasteiger charge is -2.08. The van der Waals surface area contributed by atoms with Crippen LogP contribution in [0, 0.1) is 5.92 Å². The second-order valence-corrected chi connectivity index (χ2v) is 5.62. The van der Waals surface area contributed by atoms with Gasteiger partial charge in [-0.15, -0.1) is 0 Å². The number of carbonyl (C=O) groups is 1. The van der Waals surface area contributed by atoms with Gasteiger partial charge in [-0.25, -0.2) is 0 Å². The zero-order valence-electron chi connectivity index (χ0n) is 11.3. The van der Waals surface area contributed by atoms with Gasteiger partial charge >= 0.3 is 0 Å². The first-order valence-corrected chi connectivity index (χ1v) is 8.05. The van der Waals surface area contributed by atoms with Gasteiger partial charge in [0.2, 0.25) is 5.91 Å². The molecule has 0 aromatic carbocycles. The highest BCUT2D eigenvalue weighted by atomic mass is 32.2. The van der Waals surface area contributed by atoms with Gasteiger partial charge in [0.05, 0.1) is 0 Å². The maximum absolute atomic E-state index is 11.4. The largest absolute Gasteiger partial charge is 0.356 e. The molecule has 0 aliphatic heterocycles. The smallest absolute Gasteiger partial charge is 0.220 e. The monoisotopic (exact) mass is 260 g/mol. The third-order valence-electron chi connectivity index (χ3n) is 2.86. The van der Waals surface area contributed by atoms with Crippen LogP contribution in [0.15, 0.2) is 0 Å². The Hall–Kier alpha value is -0.220. The average molecular weight is 260 g/mol. The van der Waals surface area contributed by atoms with Crippen molar-refractivity contribution < 1.29 is 4.79 Å². The molecule has 0 radical (unpaired) electrons. The van der Waals surface area contributed by atoms with Crippen LogP contribution < -0.4 is 11.1 Å². The number of hydrogen-bond acceptors (Lipinski definition) is 3. The molecule has 0 saturated carbocycles. The number of thioether (sulfide) groups is 1. The van der Waals surface area contributed by atoms with Crippen LogP contribution in [0.5, 0.6) is 0 Å². The summed E-state index contributed by atoms with van der Waals surface area (Å²) in [5, 5.41) is 2.97. The van der Waals surface area contributed by atoms with E-state index in [4.69, 9.17) is 5.73 Å². The minimum absolute atomic E-state index is 0.175. The molecule has 1 atom stereocenters. The van der Waals surface area contributed by atoms with Gasteiger partial charge in [0.15, 0.2) is 0 Å². The number of carbonyl (C=O) groups excluding carboxylic acids is 1. The first kappa shape index (κ1) is 16.8. The van der Waals surface area contributed by atoms with Gasteiger partial charge < -0.3 is 11.1 Å². The first-order chi connectivity index (χ1) is 8.20. The number of unbranched alkanes of at least 4 members (excludes halogenated alkanes) is 3. The van der Waals surface area contributed by atoms with Crippen molar-refractivity contribution in [3.05, 3.63) is 0 Å². The van der Waals surface area contributed by atoms with Gasteiger partial charge in [-0.05, 0) is 43.7 Å². The van der Waals surface area contributed by atoms with Crippen molar-refractivity contribution in [2.75, 3.05) is 25.1 Å². The second-order valence-electron chi connectivity index (χ2n) is 4.64. The van der Waals surface area contributed by atoms with Gasteiger partial charge in [0.25, 0.3) is 0 Å². The van der Waals surface area contributed by atoms with Crippen LogP contribution >= 0.6 is 11.8 Å². The summed E-state index contributed by atoms with van der Waals surface area (Å²) in [5.74, 6) is 1.88. The van der Waals surface area contributed by atoms with E-state index >= 15 is 0 Å².